The van der Waals surface area contributed by atoms with Crippen molar-refractivity contribution >= 4 is 34.0 Å². The van der Waals surface area contributed by atoms with Crippen molar-refractivity contribution in [2.75, 3.05) is 20.1 Å². The highest BCUT2D eigenvalue weighted by atomic mass is 35.5. The molecule has 0 aliphatic rings. The lowest BCUT2D eigenvalue weighted by atomic mass is 10.4. The molecule has 7 heteroatoms. The molecule has 98 valence electrons. The highest BCUT2D eigenvalue weighted by Crippen LogP contribution is 2.13. The van der Waals surface area contributed by atoms with E-state index in [0.29, 0.717) is 11.6 Å². The van der Waals surface area contributed by atoms with Gasteiger partial charge in [-0.05, 0) is 44.3 Å². The van der Waals surface area contributed by atoms with Crippen molar-refractivity contribution in [3.63, 3.8) is 0 Å². The lowest BCUT2D eigenvalue weighted by Crippen LogP contribution is -2.26. The lowest BCUT2D eigenvalue weighted by Gasteiger charge is -2.06. The zero-order valence-electron chi connectivity index (χ0n) is 9.44. The van der Waals surface area contributed by atoms with E-state index in [0.717, 1.165) is 13.0 Å². The van der Waals surface area contributed by atoms with E-state index in [1.54, 1.807) is 12.1 Å². The molecule has 4 nitrogen and oxygen atoms in total. The van der Waals surface area contributed by atoms with Crippen molar-refractivity contribution in [2.24, 2.45) is 0 Å². The van der Waals surface area contributed by atoms with Crippen LogP contribution < -0.4 is 10.0 Å². The molecule has 0 aliphatic heterocycles. The second-order valence-electron chi connectivity index (χ2n) is 3.31. The van der Waals surface area contributed by atoms with Crippen molar-refractivity contribution in [3.8, 4) is 0 Å². The van der Waals surface area contributed by atoms with Gasteiger partial charge in [0, 0.05) is 11.6 Å². The Hall–Kier alpha value is -0.330. The molecule has 0 bridgehead atoms. The first-order valence-electron chi connectivity index (χ1n) is 4.96. The van der Waals surface area contributed by atoms with E-state index in [4.69, 9.17) is 11.6 Å². The molecule has 0 aromatic heterocycles. The minimum absolute atomic E-state index is 0. The highest BCUT2D eigenvalue weighted by Gasteiger charge is 2.12. The second-order valence-corrected chi connectivity index (χ2v) is 5.51. The fraction of sp³-hybridized carbons (Fsp3) is 0.400. The van der Waals surface area contributed by atoms with Crippen LogP contribution in [0, 0.1) is 0 Å². The standard InChI is InChI=1S/C10H15ClN2O2S.ClH/c1-12-7-2-8-13-16(14,15)10-5-3-9(11)4-6-10;/h3-6,12-13H,2,7-8H2,1H3;1H. The maximum atomic E-state index is 11.7. The van der Waals surface area contributed by atoms with Crippen LogP contribution in [0.3, 0.4) is 0 Å². The quantitative estimate of drug-likeness (QED) is 0.785. The molecule has 1 aromatic rings. The topological polar surface area (TPSA) is 58.2 Å². The summed E-state index contributed by atoms with van der Waals surface area (Å²) in [4.78, 5) is 0.237. The van der Waals surface area contributed by atoms with Crippen LogP contribution in [0.1, 0.15) is 6.42 Å². The molecule has 0 fully saturated rings. The van der Waals surface area contributed by atoms with E-state index >= 15 is 0 Å². The summed E-state index contributed by atoms with van der Waals surface area (Å²) in [5.41, 5.74) is 0. The minimum Gasteiger partial charge on any atom is -0.320 e. The number of halogens is 2. The van der Waals surface area contributed by atoms with Gasteiger partial charge in [0.25, 0.3) is 0 Å². The van der Waals surface area contributed by atoms with E-state index in [1.807, 2.05) is 7.05 Å². The van der Waals surface area contributed by atoms with Crippen LogP contribution in [0.25, 0.3) is 0 Å². The molecular formula is C10H16Cl2N2O2S. The SMILES string of the molecule is CNCCCNS(=O)(=O)c1ccc(Cl)cc1.Cl. The van der Waals surface area contributed by atoms with Crippen LogP contribution in [0.5, 0.6) is 0 Å². The van der Waals surface area contributed by atoms with Crippen LogP contribution in [0.15, 0.2) is 29.2 Å². The Morgan fingerprint density at radius 2 is 1.76 bits per heavy atom. The molecule has 0 heterocycles. The molecule has 1 rings (SSSR count). The third kappa shape index (κ3) is 5.70. The second kappa shape index (κ2) is 7.89. The van der Waals surface area contributed by atoms with Gasteiger partial charge < -0.3 is 5.32 Å². The maximum absolute atomic E-state index is 11.7. The molecule has 2 N–H and O–H groups in total. The third-order valence-electron chi connectivity index (χ3n) is 2.02. The molecule has 0 saturated carbocycles. The molecule has 0 aliphatic carbocycles. The van der Waals surface area contributed by atoms with Gasteiger partial charge in [-0.25, -0.2) is 13.1 Å². The van der Waals surface area contributed by atoms with E-state index in [1.165, 1.54) is 12.1 Å². The predicted molar refractivity (Wildman–Crippen MR) is 72.4 cm³/mol. The van der Waals surface area contributed by atoms with Crippen molar-refractivity contribution in [1.29, 1.82) is 0 Å². The fourth-order valence-corrected chi connectivity index (χ4v) is 2.37. The monoisotopic (exact) mass is 298 g/mol. The predicted octanol–water partition coefficient (Wildman–Crippen LogP) is 1.65. The summed E-state index contributed by atoms with van der Waals surface area (Å²) in [6, 6.07) is 6.10. The van der Waals surface area contributed by atoms with E-state index in [-0.39, 0.29) is 17.3 Å². The molecule has 0 spiro atoms. The average Bonchev–Trinajstić information content (AvgIpc) is 2.25. The maximum Gasteiger partial charge on any atom is 0.240 e. The Kier molecular flexibility index (Phi) is 7.74. The molecule has 0 atom stereocenters. The Morgan fingerprint density at radius 3 is 2.29 bits per heavy atom. The van der Waals surface area contributed by atoms with Crippen LogP contribution in [0.2, 0.25) is 5.02 Å². The summed E-state index contributed by atoms with van der Waals surface area (Å²) in [6.07, 6.45) is 0.753. The average molecular weight is 299 g/mol. The molecule has 0 unspecified atom stereocenters. The van der Waals surface area contributed by atoms with E-state index in [2.05, 4.69) is 10.0 Å². The van der Waals surface area contributed by atoms with Gasteiger partial charge in [-0.15, -0.1) is 12.4 Å². The zero-order valence-corrected chi connectivity index (χ0v) is 11.8. The van der Waals surface area contributed by atoms with Gasteiger partial charge >= 0.3 is 0 Å². The van der Waals surface area contributed by atoms with Crippen LogP contribution in [-0.4, -0.2) is 28.6 Å². The molecule has 1 aromatic carbocycles. The Bertz CT molecular complexity index is 420. The van der Waals surface area contributed by atoms with Gasteiger partial charge in [0.05, 0.1) is 4.90 Å². The fourth-order valence-electron chi connectivity index (χ4n) is 1.17. The molecule has 17 heavy (non-hydrogen) atoms. The molecule has 0 amide bonds. The van der Waals surface area contributed by atoms with E-state index < -0.39 is 10.0 Å². The van der Waals surface area contributed by atoms with Gasteiger partial charge in [-0.2, -0.15) is 0 Å². The summed E-state index contributed by atoms with van der Waals surface area (Å²) >= 11 is 5.68. The molecular weight excluding hydrogens is 283 g/mol. The zero-order chi connectivity index (χ0) is 12.0. The van der Waals surface area contributed by atoms with Gasteiger partial charge in [0.15, 0.2) is 0 Å². The summed E-state index contributed by atoms with van der Waals surface area (Å²) in [5.74, 6) is 0. The number of rotatable bonds is 6. The lowest BCUT2D eigenvalue weighted by molar-refractivity contribution is 0.577. The van der Waals surface area contributed by atoms with Crippen molar-refractivity contribution in [2.45, 2.75) is 11.3 Å². The van der Waals surface area contributed by atoms with Crippen molar-refractivity contribution < 1.29 is 8.42 Å². The number of hydrogen-bond acceptors (Lipinski definition) is 3. The number of benzene rings is 1. The Labute approximate surface area is 113 Å². The molecule has 0 radical (unpaired) electrons. The van der Waals surface area contributed by atoms with E-state index in [9.17, 15) is 8.42 Å². The molecule has 0 saturated heterocycles. The van der Waals surface area contributed by atoms with Gasteiger partial charge in [0.2, 0.25) is 10.0 Å². The Balaban J connectivity index is 0.00000256. The van der Waals surface area contributed by atoms with Crippen molar-refractivity contribution in [3.05, 3.63) is 29.3 Å². The van der Waals surface area contributed by atoms with Crippen LogP contribution in [0.4, 0.5) is 0 Å². The Morgan fingerprint density at radius 1 is 1.18 bits per heavy atom. The normalized spacial score (nSPS) is 10.9. The number of sulfonamides is 1. The highest BCUT2D eigenvalue weighted by molar-refractivity contribution is 7.89. The first kappa shape index (κ1) is 16.7. The van der Waals surface area contributed by atoms with Gasteiger partial charge in [-0.3, -0.25) is 0 Å². The minimum atomic E-state index is -3.39. The largest absolute Gasteiger partial charge is 0.320 e. The van der Waals surface area contributed by atoms with Crippen molar-refractivity contribution in [1.82, 2.24) is 10.0 Å². The summed E-state index contributed by atoms with van der Waals surface area (Å²) in [7, 11) is -1.57. The first-order valence-corrected chi connectivity index (χ1v) is 6.82. The summed E-state index contributed by atoms with van der Waals surface area (Å²) in [5, 5.41) is 3.47. The smallest absolute Gasteiger partial charge is 0.240 e. The number of hydrogen-bond donors (Lipinski definition) is 2. The van der Waals surface area contributed by atoms with Crippen LogP contribution in [-0.2, 0) is 10.0 Å². The van der Waals surface area contributed by atoms with Gasteiger partial charge in [0.1, 0.15) is 0 Å². The summed E-state index contributed by atoms with van der Waals surface area (Å²) in [6.45, 7) is 1.20. The van der Waals surface area contributed by atoms with Gasteiger partial charge in [-0.1, -0.05) is 11.6 Å². The first-order chi connectivity index (χ1) is 7.56. The number of nitrogens with one attached hydrogen (secondary N) is 2. The van der Waals surface area contributed by atoms with Crippen LogP contribution >= 0.6 is 24.0 Å². The third-order valence-corrected chi connectivity index (χ3v) is 3.75. The summed E-state index contributed by atoms with van der Waals surface area (Å²) < 4.78 is 26.0.